The Morgan fingerprint density at radius 3 is 2.65 bits per heavy atom. The molecule has 0 unspecified atom stereocenters. The van der Waals surface area contributed by atoms with Crippen LogP contribution in [-0.2, 0) is 12.8 Å². The van der Waals surface area contributed by atoms with Gasteiger partial charge in [0.25, 0.3) is 5.91 Å². The molecule has 0 bridgehead atoms. The molecule has 120 valence electrons. The number of rotatable bonds is 3. The first-order valence-corrected chi connectivity index (χ1v) is 8.30. The Hall–Kier alpha value is -2.21. The Morgan fingerprint density at radius 2 is 1.96 bits per heavy atom. The zero-order chi connectivity index (χ0) is 16.6. The third-order valence-corrected chi connectivity index (χ3v) is 5.33. The van der Waals surface area contributed by atoms with Gasteiger partial charge < -0.3 is 11.1 Å². The molecule has 1 aromatic carbocycles. The van der Waals surface area contributed by atoms with Crippen LogP contribution in [-0.4, -0.2) is 11.8 Å². The van der Waals surface area contributed by atoms with Crippen molar-refractivity contribution in [1.82, 2.24) is 0 Å². The van der Waals surface area contributed by atoms with Crippen LogP contribution in [0.1, 0.15) is 48.9 Å². The number of thiophene rings is 1. The van der Waals surface area contributed by atoms with E-state index >= 15 is 0 Å². The molecule has 0 saturated heterocycles. The summed E-state index contributed by atoms with van der Waals surface area (Å²) in [6.45, 7) is 1.55. The SMILES string of the molecule is Cc1c(F)cc(C(N)=O)cc1NC(=O)c1cc2c(s1)CCCC2. The van der Waals surface area contributed by atoms with Gasteiger partial charge in [-0.15, -0.1) is 11.3 Å². The molecule has 6 heteroatoms. The summed E-state index contributed by atoms with van der Waals surface area (Å²) < 4.78 is 13.9. The predicted molar refractivity (Wildman–Crippen MR) is 88.6 cm³/mol. The van der Waals surface area contributed by atoms with Gasteiger partial charge in [0.05, 0.1) is 4.88 Å². The average molecular weight is 332 g/mol. The van der Waals surface area contributed by atoms with Gasteiger partial charge in [0, 0.05) is 21.7 Å². The largest absolute Gasteiger partial charge is 0.366 e. The van der Waals surface area contributed by atoms with Crippen molar-refractivity contribution < 1.29 is 14.0 Å². The quantitative estimate of drug-likeness (QED) is 0.904. The molecule has 1 aliphatic carbocycles. The number of nitrogens with one attached hydrogen (secondary N) is 1. The molecule has 1 aliphatic rings. The molecule has 0 radical (unpaired) electrons. The van der Waals surface area contributed by atoms with E-state index in [4.69, 9.17) is 5.73 Å². The number of carbonyl (C=O) groups excluding carboxylic acids is 2. The molecule has 2 aromatic rings. The highest BCUT2D eigenvalue weighted by Gasteiger charge is 2.19. The summed E-state index contributed by atoms with van der Waals surface area (Å²) in [5.41, 5.74) is 7.02. The van der Waals surface area contributed by atoms with Gasteiger partial charge in [-0.2, -0.15) is 0 Å². The van der Waals surface area contributed by atoms with Crippen LogP contribution in [0, 0.1) is 12.7 Å². The van der Waals surface area contributed by atoms with Gasteiger partial charge in [-0.1, -0.05) is 0 Å². The molecule has 0 atom stereocenters. The second-order valence-electron chi connectivity index (χ2n) is 5.72. The minimum absolute atomic E-state index is 0.0360. The van der Waals surface area contributed by atoms with Crippen LogP contribution in [0.25, 0.3) is 0 Å². The Morgan fingerprint density at radius 1 is 1.22 bits per heavy atom. The summed E-state index contributed by atoms with van der Waals surface area (Å²) in [4.78, 5) is 25.6. The maximum Gasteiger partial charge on any atom is 0.265 e. The Balaban J connectivity index is 1.88. The van der Waals surface area contributed by atoms with Gasteiger partial charge >= 0.3 is 0 Å². The highest BCUT2D eigenvalue weighted by Crippen LogP contribution is 2.30. The maximum atomic E-state index is 13.9. The number of nitrogens with two attached hydrogens (primary N) is 1. The van der Waals surface area contributed by atoms with Crippen LogP contribution in [0.4, 0.5) is 10.1 Å². The number of hydrogen-bond acceptors (Lipinski definition) is 3. The predicted octanol–water partition coefficient (Wildman–Crippen LogP) is 3.43. The molecule has 2 amide bonds. The van der Waals surface area contributed by atoms with E-state index in [9.17, 15) is 14.0 Å². The molecule has 3 rings (SSSR count). The first-order chi connectivity index (χ1) is 11.0. The fourth-order valence-electron chi connectivity index (χ4n) is 2.74. The lowest BCUT2D eigenvalue weighted by atomic mass is 9.99. The summed E-state index contributed by atoms with van der Waals surface area (Å²) in [5, 5.41) is 2.70. The fraction of sp³-hybridized carbons (Fsp3) is 0.294. The molecule has 0 aliphatic heterocycles. The van der Waals surface area contributed by atoms with E-state index in [0.29, 0.717) is 4.88 Å². The number of fused-ring (bicyclic) bond motifs is 1. The third kappa shape index (κ3) is 3.12. The van der Waals surface area contributed by atoms with E-state index < -0.39 is 11.7 Å². The number of anilines is 1. The molecule has 1 aromatic heterocycles. The van der Waals surface area contributed by atoms with Gasteiger partial charge in [-0.3, -0.25) is 9.59 Å². The molecule has 0 spiro atoms. The van der Waals surface area contributed by atoms with Gasteiger partial charge in [0.1, 0.15) is 5.82 Å². The average Bonchev–Trinajstić information content (AvgIpc) is 2.95. The van der Waals surface area contributed by atoms with Crippen molar-refractivity contribution in [2.24, 2.45) is 5.73 Å². The molecule has 0 fully saturated rings. The van der Waals surface area contributed by atoms with E-state index in [1.165, 1.54) is 27.8 Å². The first-order valence-electron chi connectivity index (χ1n) is 7.48. The van der Waals surface area contributed by atoms with E-state index in [-0.39, 0.29) is 22.7 Å². The van der Waals surface area contributed by atoms with Crippen molar-refractivity contribution in [2.75, 3.05) is 5.32 Å². The summed E-state index contributed by atoms with van der Waals surface area (Å²) in [6, 6.07) is 4.40. The molecular formula is C17H17FN2O2S. The number of primary amides is 1. The summed E-state index contributed by atoms with van der Waals surface area (Å²) in [5.74, 6) is -1.58. The smallest absolute Gasteiger partial charge is 0.265 e. The second-order valence-corrected chi connectivity index (χ2v) is 6.85. The van der Waals surface area contributed by atoms with E-state index in [1.54, 1.807) is 6.92 Å². The zero-order valence-corrected chi connectivity index (χ0v) is 13.6. The van der Waals surface area contributed by atoms with E-state index in [0.717, 1.165) is 31.7 Å². The van der Waals surface area contributed by atoms with Crippen LogP contribution < -0.4 is 11.1 Å². The number of aryl methyl sites for hydroxylation is 2. The highest BCUT2D eigenvalue weighted by atomic mass is 32.1. The van der Waals surface area contributed by atoms with Crippen LogP contribution >= 0.6 is 11.3 Å². The van der Waals surface area contributed by atoms with Crippen LogP contribution in [0.5, 0.6) is 0 Å². The first kappa shape index (κ1) is 15.7. The van der Waals surface area contributed by atoms with Crippen molar-refractivity contribution in [3.05, 3.63) is 50.5 Å². The lowest BCUT2D eigenvalue weighted by Crippen LogP contribution is -2.15. The Bertz CT molecular complexity index is 775. The maximum absolute atomic E-state index is 13.9. The molecule has 4 nitrogen and oxygen atoms in total. The molecule has 0 saturated carbocycles. The molecule has 23 heavy (non-hydrogen) atoms. The van der Waals surface area contributed by atoms with Gasteiger partial charge in [0.2, 0.25) is 5.91 Å². The minimum Gasteiger partial charge on any atom is -0.366 e. The number of carbonyl (C=O) groups is 2. The Labute approximate surface area is 137 Å². The van der Waals surface area contributed by atoms with Crippen molar-refractivity contribution in [3.63, 3.8) is 0 Å². The second kappa shape index (κ2) is 6.12. The lowest BCUT2D eigenvalue weighted by Gasteiger charge is -2.10. The standard InChI is InChI=1S/C17H17FN2O2S/c1-9-12(18)6-11(16(19)21)7-13(9)20-17(22)15-8-10-4-2-3-5-14(10)23-15/h6-8H,2-5H2,1H3,(H2,19,21)(H,20,22). The minimum atomic E-state index is -0.731. The Kier molecular flexibility index (Phi) is 4.17. The number of benzene rings is 1. The highest BCUT2D eigenvalue weighted by molar-refractivity contribution is 7.14. The molecular weight excluding hydrogens is 315 g/mol. The topological polar surface area (TPSA) is 72.2 Å². The molecule has 1 heterocycles. The van der Waals surface area contributed by atoms with Crippen molar-refractivity contribution in [1.29, 1.82) is 0 Å². The summed E-state index contributed by atoms with van der Waals surface area (Å²) in [6.07, 6.45) is 4.32. The van der Waals surface area contributed by atoms with Crippen LogP contribution in [0.3, 0.4) is 0 Å². The van der Waals surface area contributed by atoms with Gasteiger partial charge in [-0.05, 0) is 56.4 Å². The summed E-state index contributed by atoms with van der Waals surface area (Å²) >= 11 is 1.49. The number of hydrogen-bond donors (Lipinski definition) is 2. The van der Waals surface area contributed by atoms with Crippen molar-refractivity contribution >= 4 is 28.8 Å². The van der Waals surface area contributed by atoms with E-state index in [2.05, 4.69) is 5.32 Å². The monoisotopic (exact) mass is 332 g/mol. The van der Waals surface area contributed by atoms with Crippen LogP contribution in [0.15, 0.2) is 18.2 Å². The molecule has 3 N–H and O–H groups in total. The normalized spacial score (nSPS) is 13.5. The van der Waals surface area contributed by atoms with Crippen molar-refractivity contribution in [2.45, 2.75) is 32.6 Å². The van der Waals surface area contributed by atoms with Gasteiger partial charge in [-0.25, -0.2) is 4.39 Å². The fourth-order valence-corrected chi connectivity index (χ4v) is 3.89. The van der Waals surface area contributed by atoms with Crippen LogP contribution in [0.2, 0.25) is 0 Å². The van der Waals surface area contributed by atoms with Crippen molar-refractivity contribution in [3.8, 4) is 0 Å². The number of halogens is 1. The zero-order valence-electron chi connectivity index (χ0n) is 12.7. The lowest BCUT2D eigenvalue weighted by molar-refractivity contribution is 0.0996. The third-order valence-electron chi connectivity index (χ3n) is 4.10. The van der Waals surface area contributed by atoms with E-state index in [1.807, 2.05) is 6.07 Å². The van der Waals surface area contributed by atoms with Gasteiger partial charge in [0.15, 0.2) is 0 Å². The number of amides is 2. The summed E-state index contributed by atoms with van der Waals surface area (Å²) in [7, 11) is 0.